The average Bonchev–Trinajstić information content (AvgIpc) is 2.59. The van der Waals surface area contributed by atoms with Gasteiger partial charge in [-0.1, -0.05) is 48.6 Å². The van der Waals surface area contributed by atoms with Gasteiger partial charge < -0.3 is 0 Å². The first-order valence-electron chi connectivity index (χ1n) is 10.6. The Labute approximate surface area is 151 Å². The van der Waals surface area contributed by atoms with Gasteiger partial charge in [-0.2, -0.15) is 0 Å². The quantitative estimate of drug-likeness (QED) is 0.391. The van der Waals surface area contributed by atoms with Crippen molar-refractivity contribution in [3.8, 4) is 0 Å². The molecule has 0 radical (unpaired) electrons. The van der Waals surface area contributed by atoms with Crippen LogP contribution in [0.1, 0.15) is 103 Å². The molecule has 1 aliphatic rings. The van der Waals surface area contributed by atoms with Crippen LogP contribution in [0.15, 0.2) is 48.6 Å². The molecule has 0 unspecified atom stereocenters. The summed E-state index contributed by atoms with van der Waals surface area (Å²) in [6, 6.07) is 0. The fourth-order valence-corrected chi connectivity index (χ4v) is 3.04. The molecule has 0 saturated carbocycles. The van der Waals surface area contributed by atoms with E-state index in [2.05, 4.69) is 48.6 Å². The minimum absolute atomic E-state index is 1.26. The molecule has 0 aliphatic heterocycles. The van der Waals surface area contributed by atoms with Crippen molar-refractivity contribution in [3.05, 3.63) is 48.6 Å². The predicted octanol–water partition coefficient (Wildman–Crippen LogP) is 8.47. The van der Waals surface area contributed by atoms with E-state index < -0.39 is 0 Å². The first-order valence-corrected chi connectivity index (χ1v) is 10.6. The highest BCUT2D eigenvalue weighted by atomic mass is 13.9. The van der Waals surface area contributed by atoms with Gasteiger partial charge in [0.15, 0.2) is 0 Å². The maximum absolute atomic E-state index is 2.39. The van der Waals surface area contributed by atoms with E-state index in [4.69, 9.17) is 0 Å². The van der Waals surface area contributed by atoms with Gasteiger partial charge in [-0.25, -0.2) is 0 Å². The molecule has 0 amide bonds. The van der Waals surface area contributed by atoms with Crippen molar-refractivity contribution in [1.29, 1.82) is 0 Å². The molecular weight excluding hydrogens is 288 g/mol. The highest BCUT2D eigenvalue weighted by molar-refractivity contribution is 4.86. The summed E-state index contributed by atoms with van der Waals surface area (Å²) in [6.07, 6.45) is 40.0. The Morgan fingerprint density at radius 1 is 0.208 bits per heavy atom. The highest BCUT2D eigenvalue weighted by Crippen LogP contribution is 2.08. The summed E-state index contributed by atoms with van der Waals surface area (Å²) in [5.41, 5.74) is 0. The van der Waals surface area contributed by atoms with E-state index in [1.54, 1.807) is 0 Å². The average molecular weight is 329 g/mol. The minimum Gasteiger partial charge on any atom is -0.0885 e. The third-order valence-corrected chi connectivity index (χ3v) is 4.63. The fraction of sp³-hybridized carbons (Fsp3) is 0.667. The van der Waals surface area contributed by atoms with Crippen molar-refractivity contribution in [2.45, 2.75) is 103 Å². The van der Waals surface area contributed by atoms with Crippen LogP contribution in [0.25, 0.3) is 0 Å². The highest BCUT2D eigenvalue weighted by Gasteiger charge is 1.88. The van der Waals surface area contributed by atoms with Gasteiger partial charge in [-0.3, -0.25) is 0 Å². The number of hydrogen-bond acceptors (Lipinski definition) is 0. The molecular formula is C24H40. The fourth-order valence-electron chi connectivity index (χ4n) is 3.04. The van der Waals surface area contributed by atoms with Crippen LogP contribution in [0, 0.1) is 0 Å². The van der Waals surface area contributed by atoms with E-state index in [0.29, 0.717) is 0 Å². The van der Waals surface area contributed by atoms with Crippen LogP contribution in [0.2, 0.25) is 0 Å². The molecule has 0 N–H and O–H groups in total. The molecule has 1 aliphatic carbocycles. The molecule has 0 aromatic heterocycles. The molecule has 0 aromatic carbocycles. The van der Waals surface area contributed by atoms with E-state index in [-0.39, 0.29) is 0 Å². The van der Waals surface area contributed by atoms with Gasteiger partial charge in [0, 0.05) is 0 Å². The summed E-state index contributed by atoms with van der Waals surface area (Å²) in [7, 11) is 0. The first kappa shape index (κ1) is 21.0. The van der Waals surface area contributed by atoms with E-state index in [0.717, 1.165) is 0 Å². The molecule has 0 heteroatoms. The summed E-state index contributed by atoms with van der Waals surface area (Å²) in [5, 5.41) is 0. The molecule has 0 aromatic rings. The van der Waals surface area contributed by atoms with Gasteiger partial charge in [0.2, 0.25) is 0 Å². The standard InChI is InChI=1S/C24H40/c1-2-4-6-8-10-12-14-16-18-20-22-24-23-21-19-17-15-13-11-9-7-5-3-1/h1-2,11-14,23-24H,3-10,15-22H2. The van der Waals surface area contributed by atoms with Crippen LogP contribution in [0.4, 0.5) is 0 Å². The second-order valence-electron chi connectivity index (χ2n) is 7.02. The Morgan fingerprint density at radius 3 is 0.458 bits per heavy atom. The summed E-state index contributed by atoms with van der Waals surface area (Å²) < 4.78 is 0. The maximum Gasteiger partial charge on any atom is -0.0351 e. The SMILES string of the molecule is C1=CCCCCC=CCCCCC=CCCCCC=CCCCC1. The third-order valence-electron chi connectivity index (χ3n) is 4.63. The zero-order valence-corrected chi connectivity index (χ0v) is 15.9. The summed E-state index contributed by atoms with van der Waals surface area (Å²) in [4.78, 5) is 0. The van der Waals surface area contributed by atoms with Gasteiger partial charge in [0.05, 0.1) is 0 Å². The zero-order chi connectivity index (χ0) is 17.0. The minimum atomic E-state index is 1.26. The third kappa shape index (κ3) is 15.8. The van der Waals surface area contributed by atoms with Crippen LogP contribution >= 0.6 is 0 Å². The molecule has 136 valence electrons. The normalized spacial score (nSPS) is 21.3. The molecule has 0 atom stereocenters. The molecule has 1 rings (SSSR count). The second-order valence-corrected chi connectivity index (χ2v) is 7.02. The van der Waals surface area contributed by atoms with Crippen molar-refractivity contribution >= 4 is 0 Å². The number of allylic oxidation sites excluding steroid dienone is 8. The first-order chi connectivity index (χ1) is 12.0. The smallest absolute Gasteiger partial charge is 0.0351 e. The van der Waals surface area contributed by atoms with Crippen LogP contribution in [-0.2, 0) is 0 Å². The molecule has 24 heavy (non-hydrogen) atoms. The predicted molar refractivity (Wildman–Crippen MR) is 110 cm³/mol. The van der Waals surface area contributed by atoms with Crippen molar-refractivity contribution < 1.29 is 0 Å². The maximum atomic E-state index is 2.39. The number of hydrogen-bond donors (Lipinski definition) is 0. The molecule has 0 bridgehead atoms. The Kier molecular flexibility index (Phi) is 16.0. The van der Waals surface area contributed by atoms with Crippen LogP contribution in [0.3, 0.4) is 0 Å². The molecule has 0 spiro atoms. The lowest BCUT2D eigenvalue weighted by atomic mass is 10.1. The van der Waals surface area contributed by atoms with E-state index in [9.17, 15) is 0 Å². The lowest BCUT2D eigenvalue weighted by molar-refractivity contribution is 0.730. The Balaban J connectivity index is 2.18. The summed E-state index contributed by atoms with van der Waals surface area (Å²) in [5.74, 6) is 0. The summed E-state index contributed by atoms with van der Waals surface area (Å²) in [6.45, 7) is 0. The summed E-state index contributed by atoms with van der Waals surface area (Å²) >= 11 is 0. The van der Waals surface area contributed by atoms with Crippen molar-refractivity contribution in [2.24, 2.45) is 0 Å². The second kappa shape index (κ2) is 18.3. The molecule has 0 fully saturated rings. The zero-order valence-electron chi connectivity index (χ0n) is 15.9. The van der Waals surface area contributed by atoms with Crippen molar-refractivity contribution in [3.63, 3.8) is 0 Å². The lowest BCUT2D eigenvalue weighted by Gasteiger charge is -1.97. The van der Waals surface area contributed by atoms with Gasteiger partial charge in [0.25, 0.3) is 0 Å². The lowest BCUT2D eigenvalue weighted by Crippen LogP contribution is -1.77. The Bertz CT molecular complexity index is 252. The number of rotatable bonds is 0. The van der Waals surface area contributed by atoms with E-state index >= 15 is 0 Å². The van der Waals surface area contributed by atoms with Crippen LogP contribution in [-0.4, -0.2) is 0 Å². The van der Waals surface area contributed by atoms with E-state index in [1.165, 1.54) is 103 Å². The van der Waals surface area contributed by atoms with Gasteiger partial charge in [-0.05, 0) is 103 Å². The monoisotopic (exact) mass is 328 g/mol. The largest absolute Gasteiger partial charge is 0.0885 e. The van der Waals surface area contributed by atoms with Crippen LogP contribution in [0.5, 0.6) is 0 Å². The van der Waals surface area contributed by atoms with Gasteiger partial charge >= 0.3 is 0 Å². The molecule has 0 heterocycles. The Morgan fingerprint density at radius 2 is 0.333 bits per heavy atom. The van der Waals surface area contributed by atoms with Crippen LogP contribution < -0.4 is 0 Å². The molecule has 0 nitrogen and oxygen atoms in total. The van der Waals surface area contributed by atoms with Gasteiger partial charge in [0.1, 0.15) is 0 Å². The van der Waals surface area contributed by atoms with Gasteiger partial charge in [-0.15, -0.1) is 0 Å². The van der Waals surface area contributed by atoms with E-state index in [1.807, 2.05) is 0 Å². The van der Waals surface area contributed by atoms with Crippen molar-refractivity contribution in [1.82, 2.24) is 0 Å². The van der Waals surface area contributed by atoms with Crippen molar-refractivity contribution in [2.75, 3.05) is 0 Å². The topological polar surface area (TPSA) is 0 Å². The molecule has 0 saturated heterocycles. The Hall–Kier alpha value is -1.04.